The number of anilines is 1. The number of nitrogens with two attached hydrogens (primary N) is 2. The van der Waals surface area contributed by atoms with Crippen LogP contribution in [0.1, 0.15) is 23.0 Å². The lowest BCUT2D eigenvalue weighted by molar-refractivity contribution is 0.102. The van der Waals surface area contributed by atoms with Crippen LogP contribution in [-0.4, -0.2) is 37.2 Å². The molecule has 1 aromatic heterocycles. The van der Waals surface area contributed by atoms with Gasteiger partial charge < -0.3 is 21.8 Å². The third-order valence-corrected chi connectivity index (χ3v) is 5.25. The van der Waals surface area contributed by atoms with Crippen molar-refractivity contribution in [2.24, 2.45) is 21.7 Å². The first-order valence-corrected chi connectivity index (χ1v) is 10.4. The van der Waals surface area contributed by atoms with E-state index >= 15 is 0 Å². The number of amides is 1. The first-order chi connectivity index (χ1) is 13.6. The zero-order valence-corrected chi connectivity index (χ0v) is 16.6. The van der Waals surface area contributed by atoms with Crippen molar-refractivity contribution in [2.75, 3.05) is 11.6 Å². The summed E-state index contributed by atoms with van der Waals surface area (Å²) in [6.07, 6.45) is 1.14. The monoisotopic (exact) mass is 412 g/mol. The Labute approximate surface area is 167 Å². The molecule has 29 heavy (non-hydrogen) atoms. The minimum absolute atomic E-state index is 0.129. The molecule has 2 aromatic carbocycles. The van der Waals surface area contributed by atoms with Crippen LogP contribution >= 0.6 is 0 Å². The van der Waals surface area contributed by atoms with E-state index in [1.165, 1.54) is 12.1 Å². The molecule has 3 aromatic rings. The second kappa shape index (κ2) is 7.76. The molecular weight excluding hydrogens is 392 g/mol. The van der Waals surface area contributed by atoms with Crippen LogP contribution in [0, 0.1) is 0 Å². The number of nitrogens with one attached hydrogen (secondary N) is 2. The van der Waals surface area contributed by atoms with E-state index in [0.717, 1.165) is 17.2 Å². The van der Waals surface area contributed by atoms with Crippen molar-refractivity contribution in [3.8, 4) is 0 Å². The van der Waals surface area contributed by atoms with Gasteiger partial charge in [0.1, 0.15) is 5.69 Å². The van der Waals surface area contributed by atoms with Gasteiger partial charge in [-0.25, -0.2) is 8.42 Å². The summed E-state index contributed by atoms with van der Waals surface area (Å²) in [6, 6.07) is 13.4. The van der Waals surface area contributed by atoms with Crippen molar-refractivity contribution in [3.63, 3.8) is 0 Å². The SMILES string of the molecule is C/C(=N\N=C(N)N)c1ccc(NC(=O)c2cc3ccc(S(C)(=O)=O)cc3[nH]2)cc1. The predicted octanol–water partition coefficient (Wildman–Crippen LogP) is 1.82. The van der Waals surface area contributed by atoms with Gasteiger partial charge in [-0.2, -0.15) is 5.10 Å². The maximum atomic E-state index is 12.5. The molecule has 0 spiro atoms. The lowest BCUT2D eigenvalue weighted by atomic mass is 10.1. The fourth-order valence-electron chi connectivity index (χ4n) is 2.64. The third-order valence-electron chi connectivity index (χ3n) is 4.14. The van der Waals surface area contributed by atoms with Crippen LogP contribution in [-0.2, 0) is 9.84 Å². The van der Waals surface area contributed by atoms with E-state index in [0.29, 0.717) is 22.6 Å². The van der Waals surface area contributed by atoms with Crippen molar-refractivity contribution >= 4 is 44.0 Å². The zero-order chi connectivity index (χ0) is 21.2. The molecule has 1 amide bonds. The molecule has 10 heteroatoms. The molecule has 0 fully saturated rings. The third kappa shape index (κ3) is 4.79. The average Bonchev–Trinajstić information content (AvgIpc) is 3.09. The van der Waals surface area contributed by atoms with Crippen LogP contribution in [0.4, 0.5) is 5.69 Å². The van der Waals surface area contributed by atoms with Gasteiger partial charge in [0.2, 0.25) is 5.96 Å². The largest absolute Gasteiger partial charge is 0.369 e. The number of aromatic nitrogens is 1. The Balaban J connectivity index is 1.78. The predicted molar refractivity (Wildman–Crippen MR) is 114 cm³/mol. The minimum atomic E-state index is -3.33. The zero-order valence-electron chi connectivity index (χ0n) is 15.8. The highest BCUT2D eigenvalue weighted by atomic mass is 32.2. The van der Waals surface area contributed by atoms with Gasteiger partial charge in [0.25, 0.3) is 5.91 Å². The number of hydrogen-bond acceptors (Lipinski definition) is 5. The fourth-order valence-corrected chi connectivity index (χ4v) is 3.29. The van der Waals surface area contributed by atoms with Crippen LogP contribution in [0.25, 0.3) is 10.9 Å². The molecule has 0 unspecified atom stereocenters. The highest BCUT2D eigenvalue weighted by Crippen LogP contribution is 2.21. The van der Waals surface area contributed by atoms with Gasteiger partial charge in [0, 0.05) is 22.8 Å². The molecule has 0 saturated carbocycles. The molecule has 0 radical (unpaired) electrons. The number of carbonyl (C=O) groups excluding carboxylic acids is 1. The highest BCUT2D eigenvalue weighted by Gasteiger charge is 2.13. The Morgan fingerprint density at radius 1 is 1.03 bits per heavy atom. The summed E-state index contributed by atoms with van der Waals surface area (Å²) >= 11 is 0. The minimum Gasteiger partial charge on any atom is -0.369 e. The number of sulfone groups is 1. The van der Waals surface area contributed by atoms with E-state index in [1.807, 2.05) is 0 Å². The lowest BCUT2D eigenvalue weighted by Gasteiger charge is -2.05. The van der Waals surface area contributed by atoms with Gasteiger partial charge in [0.05, 0.1) is 10.6 Å². The smallest absolute Gasteiger partial charge is 0.272 e. The summed E-state index contributed by atoms with van der Waals surface area (Å²) in [4.78, 5) is 15.7. The van der Waals surface area contributed by atoms with Crippen LogP contribution < -0.4 is 16.8 Å². The van der Waals surface area contributed by atoms with Crippen molar-refractivity contribution in [1.82, 2.24) is 4.98 Å². The number of benzene rings is 2. The Hall–Kier alpha value is -3.66. The number of H-pyrrole nitrogens is 1. The number of guanidine groups is 1. The van der Waals surface area contributed by atoms with E-state index < -0.39 is 9.84 Å². The van der Waals surface area contributed by atoms with E-state index in [2.05, 4.69) is 20.5 Å². The van der Waals surface area contributed by atoms with Gasteiger partial charge in [-0.05, 0) is 42.8 Å². The van der Waals surface area contributed by atoms with Gasteiger partial charge in [-0.3, -0.25) is 4.79 Å². The Morgan fingerprint density at radius 2 is 1.72 bits per heavy atom. The van der Waals surface area contributed by atoms with Crippen molar-refractivity contribution in [3.05, 3.63) is 59.8 Å². The molecule has 0 aliphatic heterocycles. The molecule has 6 N–H and O–H groups in total. The van der Waals surface area contributed by atoms with Gasteiger partial charge in [-0.1, -0.05) is 18.2 Å². The summed E-state index contributed by atoms with van der Waals surface area (Å²) in [6.45, 7) is 1.76. The molecule has 0 bridgehead atoms. The van der Waals surface area contributed by atoms with Crippen LogP contribution in [0.3, 0.4) is 0 Å². The molecule has 0 atom stereocenters. The summed E-state index contributed by atoms with van der Waals surface area (Å²) in [7, 11) is -3.33. The number of fused-ring (bicyclic) bond motifs is 1. The lowest BCUT2D eigenvalue weighted by Crippen LogP contribution is -2.22. The van der Waals surface area contributed by atoms with Crippen molar-refractivity contribution in [2.45, 2.75) is 11.8 Å². The van der Waals surface area contributed by atoms with Crippen LogP contribution in [0.2, 0.25) is 0 Å². The number of nitrogens with zero attached hydrogens (tertiary/aromatic N) is 2. The Morgan fingerprint density at radius 3 is 2.34 bits per heavy atom. The molecule has 9 nitrogen and oxygen atoms in total. The maximum Gasteiger partial charge on any atom is 0.272 e. The number of carbonyl (C=O) groups is 1. The van der Waals surface area contributed by atoms with E-state index in [9.17, 15) is 13.2 Å². The normalized spacial score (nSPS) is 12.0. The summed E-state index contributed by atoms with van der Waals surface area (Å²) in [5, 5.41) is 11.0. The van der Waals surface area contributed by atoms with Gasteiger partial charge in [-0.15, -0.1) is 5.10 Å². The van der Waals surface area contributed by atoms with E-state index in [4.69, 9.17) is 11.5 Å². The maximum absolute atomic E-state index is 12.5. The molecule has 3 rings (SSSR count). The molecule has 1 heterocycles. The van der Waals surface area contributed by atoms with Gasteiger partial charge in [0.15, 0.2) is 9.84 Å². The molecular formula is C19H20N6O3S. The molecule has 150 valence electrons. The quantitative estimate of drug-likeness (QED) is 0.286. The second-order valence-electron chi connectivity index (χ2n) is 6.45. The standard InChI is InChI=1S/C19H20N6O3S/c1-11(24-25-19(20)21)12-3-6-14(7-4-12)22-18(26)17-9-13-5-8-15(29(2,27)28)10-16(13)23-17/h3-10,23H,1-2H3,(H,22,26)(H4,20,21,25)/b24-11+. The average molecular weight is 412 g/mol. The first kappa shape index (κ1) is 20.1. The molecule has 0 aliphatic carbocycles. The fraction of sp³-hybridized carbons (Fsp3) is 0.105. The topological polar surface area (TPSA) is 156 Å². The van der Waals surface area contributed by atoms with Crippen molar-refractivity contribution < 1.29 is 13.2 Å². The number of hydrogen-bond donors (Lipinski definition) is 4. The Kier molecular flexibility index (Phi) is 5.37. The molecule has 0 aliphatic rings. The Bertz CT molecular complexity index is 1240. The molecule has 0 saturated heterocycles. The van der Waals surface area contributed by atoms with Gasteiger partial charge >= 0.3 is 0 Å². The second-order valence-corrected chi connectivity index (χ2v) is 8.46. The number of rotatable bonds is 5. The first-order valence-electron chi connectivity index (χ1n) is 8.51. The summed E-state index contributed by atoms with van der Waals surface area (Å²) in [5.74, 6) is -0.476. The van der Waals surface area contributed by atoms with Crippen LogP contribution in [0.5, 0.6) is 0 Å². The van der Waals surface area contributed by atoms with Crippen molar-refractivity contribution in [1.29, 1.82) is 0 Å². The van der Waals surface area contributed by atoms with E-state index in [-0.39, 0.29) is 16.8 Å². The number of aromatic amines is 1. The highest BCUT2D eigenvalue weighted by molar-refractivity contribution is 7.90. The van der Waals surface area contributed by atoms with E-state index in [1.54, 1.807) is 43.3 Å². The summed E-state index contributed by atoms with van der Waals surface area (Å²) < 4.78 is 23.4. The summed E-state index contributed by atoms with van der Waals surface area (Å²) in [5.41, 5.74) is 13.4. The van der Waals surface area contributed by atoms with Crippen LogP contribution in [0.15, 0.2) is 63.6 Å².